The lowest BCUT2D eigenvalue weighted by Crippen LogP contribution is -2.10. The minimum Gasteiger partial charge on any atom is -0.379 e. The van der Waals surface area contributed by atoms with Gasteiger partial charge in [0, 0.05) is 11.7 Å². The maximum Gasteiger partial charge on any atom is 0.416 e. The zero-order chi connectivity index (χ0) is 15.5. The molecule has 1 atom stereocenters. The van der Waals surface area contributed by atoms with Crippen LogP contribution in [-0.4, -0.2) is 0 Å². The topological polar surface area (TPSA) is 12.0 Å². The van der Waals surface area contributed by atoms with Gasteiger partial charge in [0.05, 0.1) is 5.56 Å². The third-order valence-electron chi connectivity index (χ3n) is 3.46. The molecule has 4 heteroatoms. The van der Waals surface area contributed by atoms with Gasteiger partial charge < -0.3 is 5.32 Å². The Bertz CT molecular complexity index is 588. The predicted molar refractivity (Wildman–Crippen MR) is 79.3 cm³/mol. The Balaban J connectivity index is 2.14. The third-order valence-corrected chi connectivity index (χ3v) is 3.46. The van der Waals surface area contributed by atoms with E-state index < -0.39 is 11.7 Å². The van der Waals surface area contributed by atoms with Gasteiger partial charge in [-0.15, -0.1) is 0 Å². The molecule has 0 fully saturated rings. The Morgan fingerprint density at radius 2 is 1.71 bits per heavy atom. The Labute approximate surface area is 122 Å². The molecule has 0 amide bonds. The fourth-order valence-corrected chi connectivity index (χ4v) is 2.15. The highest BCUT2D eigenvalue weighted by Gasteiger charge is 2.30. The molecule has 112 valence electrons. The van der Waals surface area contributed by atoms with Crippen LogP contribution in [0.4, 0.5) is 18.9 Å². The second-order valence-electron chi connectivity index (χ2n) is 5.04. The van der Waals surface area contributed by atoms with Crippen molar-refractivity contribution in [1.29, 1.82) is 0 Å². The van der Waals surface area contributed by atoms with Gasteiger partial charge in [-0.1, -0.05) is 31.2 Å². The zero-order valence-corrected chi connectivity index (χ0v) is 12.0. The lowest BCUT2D eigenvalue weighted by atomic mass is 10.0. The molecule has 0 aliphatic carbocycles. The summed E-state index contributed by atoms with van der Waals surface area (Å²) in [4.78, 5) is 0. The van der Waals surface area contributed by atoms with Gasteiger partial charge in [-0.25, -0.2) is 0 Å². The molecule has 2 rings (SSSR count). The summed E-state index contributed by atoms with van der Waals surface area (Å²) in [6.45, 7) is 3.93. The van der Waals surface area contributed by atoms with Crippen molar-refractivity contribution in [3.8, 4) is 0 Å². The maximum absolute atomic E-state index is 12.7. The summed E-state index contributed by atoms with van der Waals surface area (Å²) in [6, 6.07) is 13.2. The van der Waals surface area contributed by atoms with Crippen molar-refractivity contribution >= 4 is 5.69 Å². The van der Waals surface area contributed by atoms with Crippen molar-refractivity contribution in [3.63, 3.8) is 0 Å². The van der Waals surface area contributed by atoms with E-state index in [1.54, 1.807) is 6.07 Å². The fraction of sp³-hybridized carbons (Fsp3) is 0.294. The largest absolute Gasteiger partial charge is 0.416 e. The predicted octanol–water partition coefficient (Wildman–Crippen LogP) is 5.44. The van der Waals surface area contributed by atoms with Crippen LogP contribution in [0.15, 0.2) is 48.5 Å². The van der Waals surface area contributed by atoms with Crippen LogP contribution in [-0.2, 0) is 12.6 Å². The van der Waals surface area contributed by atoms with Crippen LogP contribution in [0.2, 0.25) is 0 Å². The van der Waals surface area contributed by atoms with Crippen molar-refractivity contribution in [1.82, 2.24) is 0 Å². The lowest BCUT2D eigenvalue weighted by molar-refractivity contribution is -0.137. The molecule has 0 radical (unpaired) electrons. The Kier molecular flexibility index (Phi) is 4.56. The highest BCUT2D eigenvalue weighted by atomic mass is 19.4. The monoisotopic (exact) mass is 293 g/mol. The van der Waals surface area contributed by atoms with Gasteiger partial charge in [0.2, 0.25) is 0 Å². The van der Waals surface area contributed by atoms with Crippen LogP contribution < -0.4 is 5.32 Å². The molecule has 2 aromatic rings. The Morgan fingerprint density at radius 1 is 1.05 bits per heavy atom. The van der Waals surface area contributed by atoms with Crippen LogP contribution in [0, 0.1) is 0 Å². The molecule has 2 aromatic carbocycles. The van der Waals surface area contributed by atoms with Crippen molar-refractivity contribution in [2.75, 3.05) is 5.32 Å². The van der Waals surface area contributed by atoms with E-state index in [0.29, 0.717) is 5.56 Å². The van der Waals surface area contributed by atoms with Gasteiger partial charge in [-0.3, -0.25) is 0 Å². The second kappa shape index (κ2) is 6.20. The average molecular weight is 293 g/mol. The number of halogens is 3. The van der Waals surface area contributed by atoms with Crippen LogP contribution >= 0.6 is 0 Å². The highest BCUT2D eigenvalue weighted by Crippen LogP contribution is 2.31. The summed E-state index contributed by atoms with van der Waals surface area (Å²) in [5.74, 6) is 0. The molecular weight excluding hydrogens is 275 g/mol. The van der Waals surface area contributed by atoms with Crippen molar-refractivity contribution in [2.24, 2.45) is 0 Å². The molecule has 0 saturated carbocycles. The van der Waals surface area contributed by atoms with E-state index in [-0.39, 0.29) is 6.04 Å². The van der Waals surface area contributed by atoms with Gasteiger partial charge in [0.1, 0.15) is 0 Å². The molecule has 1 unspecified atom stereocenters. The smallest absolute Gasteiger partial charge is 0.379 e. The fourth-order valence-electron chi connectivity index (χ4n) is 2.15. The van der Waals surface area contributed by atoms with Crippen molar-refractivity contribution < 1.29 is 13.2 Å². The normalized spacial score (nSPS) is 13.0. The summed E-state index contributed by atoms with van der Waals surface area (Å²) in [7, 11) is 0. The summed E-state index contributed by atoms with van der Waals surface area (Å²) in [6.07, 6.45) is -3.35. The van der Waals surface area contributed by atoms with Gasteiger partial charge in [0.15, 0.2) is 0 Å². The van der Waals surface area contributed by atoms with E-state index in [2.05, 4.69) is 12.2 Å². The van der Waals surface area contributed by atoms with Crippen LogP contribution in [0.25, 0.3) is 0 Å². The second-order valence-corrected chi connectivity index (χ2v) is 5.04. The van der Waals surface area contributed by atoms with E-state index in [4.69, 9.17) is 0 Å². The molecule has 0 spiro atoms. The number of nitrogens with one attached hydrogen (secondary N) is 1. The number of aryl methyl sites for hydroxylation is 1. The highest BCUT2D eigenvalue weighted by molar-refractivity contribution is 5.47. The van der Waals surface area contributed by atoms with Gasteiger partial charge >= 0.3 is 6.18 Å². The maximum atomic E-state index is 12.7. The molecule has 1 N–H and O–H groups in total. The number of hydrogen-bond acceptors (Lipinski definition) is 1. The summed E-state index contributed by atoms with van der Waals surface area (Å²) < 4.78 is 38.2. The summed E-state index contributed by atoms with van der Waals surface area (Å²) in [5.41, 5.74) is 2.13. The number of alkyl halides is 3. The molecule has 0 aliphatic rings. The first-order chi connectivity index (χ1) is 9.90. The van der Waals surface area contributed by atoms with Crippen molar-refractivity contribution in [3.05, 3.63) is 65.2 Å². The van der Waals surface area contributed by atoms with E-state index in [9.17, 15) is 13.2 Å². The molecule has 0 aromatic heterocycles. The van der Waals surface area contributed by atoms with Gasteiger partial charge in [0.25, 0.3) is 0 Å². The quantitative estimate of drug-likeness (QED) is 0.791. The number of benzene rings is 2. The first kappa shape index (κ1) is 15.4. The van der Waals surface area contributed by atoms with E-state index in [0.717, 1.165) is 18.2 Å². The molecule has 0 saturated heterocycles. The Hall–Kier alpha value is -1.97. The molecule has 1 nitrogen and oxygen atoms in total. The van der Waals surface area contributed by atoms with Crippen LogP contribution in [0.3, 0.4) is 0 Å². The zero-order valence-electron chi connectivity index (χ0n) is 12.0. The van der Waals surface area contributed by atoms with Crippen LogP contribution in [0.5, 0.6) is 0 Å². The SMILES string of the molecule is CCc1ccc(NC(C)c2cccc(C(F)(F)F)c2)cc1. The number of anilines is 1. The van der Waals surface area contributed by atoms with E-state index in [1.807, 2.05) is 31.2 Å². The minimum atomic E-state index is -4.31. The van der Waals surface area contributed by atoms with Crippen LogP contribution in [0.1, 0.15) is 36.6 Å². The first-order valence-corrected chi connectivity index (χ1v) is 6.93. The standard InChI is InChI=1S/C17H18F3N/c1-3-13-7-9-16(10-8-13)21-12(2)14-5-4-6-15(11-14)17(18,19)20/h4-12,21H,3H2,1-2H3. The first-order valence-electron chi connectivity index (χ1n) is 6.93. The summed E-state index contributed by atoms with van der Waals surface area (Å²) in [5, 5.41) is 3.22. The molecule has 21 heavy (non-hydrogen) atoms. The minimum absolute atomic E-state index is 0.195. The van der Waals surface area contributed by atoms with Crippen molar-refractivity contribution in [2.45, 2.75) is 32.5 Å². The molecular formula is C17H18F3N. The van der Waals surface area contributed by atoms with E-state index >= 15 is 0 Å². The lowest BCUT2D eigenvalue weighted by Gasteiger charge is -2.17. The third kappa shape index (κ3) is 4.00. The molecule has 0 aliphatic heterocycles. The van der Waals surface area contributed by atoms with E-state index in [1.165, 1.54) is 17.7 Å². The molecule has 0 heterocycles. The van der Waals surface area contributed by atoms with Gasteiger partial charge in [-0.2, -0.15) is 13.2 Å². The molecule has 0 bridgehead atoms. The number of hydrogen-bond donors (Lipinski definition) is 1. The van der Waals surface area contributed by atoms with Gasteiger partial charge in [-0.05, 0) is 48.7 Å². The Morgan fingerprint density at radius 3 is 2.29 bits per heavy atom. The average Bonchev–Trinajstić information content (AvgIpc) is 2.47. The number of rotatable bonds is 4. The summed E-state index contributed by atoms with van der Waals surface area (Å²) >= 11 is 0.